The van der Waals surface area contributed by atoms with Crippen LogP contribution in [0.1, 0.15) is 51.3 Å². The first-order chi connectivity index (χ1) is 8.35. The first kappa shape index (κ1) is 15.2. The molecule has 1 heterocycles. The summed E-state index contributed by atoms with van der Waals surface area (Å²) >= 11 is 0. The number of aliphatic hydroxyl groups is 1. The smallest absolute Gasteiger partial charge is 0.0694 e. The number of rotatable bonds is 7. The van der Waals surface area contributed by atoms with Crippen LogP contribution in [0.5, 0.6) is 0 Å². The van der Waals surface area contributed by atoms with Gasteiger partial charge in [-0.05, 0) is 17.8 Å². The molecule has 0 radical (unpaired) electrons. The largest absolute Gasteiger partial charge is 0.396 e. The molecule has 0 atom stereocenters. The first-order valence-corrected chi connectivity index (χ1v) is 6.70. The van der Waals surface area contributed by atoms with Crippen molar-refractivity contribution in [3.8, 4) is 0 Å². The SMILES string of the molecule is CC(C)c1nn(C)cc1CNCC(C)(C)CCO. The summed E-state index contributed by atoms with van der Waals surface area (Å²) in [6, 6.07) is 0. The maximum absolute atomic E-state index is 9.00. The number of nitrogens with zero attached hydrogens (tertiary/aromatic N) is 2. The molecule has 0 aliphatic rings. The van der Waals surface area contributed by atoms with Gasteiger partial charge in [0.2, 0.25) is 0 Å². The van der Waals surface area contributed by atoms with Gasteiger partial charge in [0.25, 0.3) is 0 Å². The van der Waals surface area contributed by atoms with Crippen molar-refractivity contribution in [3.05, 3.63) is 17.5 Å². The molecule has 0 aliphatic carbocycles. The highest BCUT2D eigenvalue weighted by atomic mass is 16.3. The Bertz CT molecular complexity index is 369. The lowest BCUT2D eigenvalue weighted by Crippen LogP contribution is -2.30. The lowest BCUT2D eigenvalue weighted by molar-refractivity contribution is 0.207. The zero-order valence-corrected chi connectivity index (χ0v) is 12.3. The molecular formula is C14H27N3O. The van der Waals surface area contributed by atoms with Gasteiger partial charge in [-0.15, -0.1) is 0 Å². The Hall–Kier alpha value is -0.870. The van der Waals surface area contributed by atoms with Crippen LogP contribution < -0.4 is 5.32 Å². The Kier molecular flexibility index (Phi) is 5.35. The van der Waals surface area contributed by atoms with Crippen LogP contribution in [0.25, 0.3) is 0 Å². The van der Waals surface area contributed by atoms with E-state index >= 15 is 0 Å². The monoisotopic (exact) mass is 253 g/mol. The van der Waals surface area contributed by atoms with Crippen molar-refractivity contribution in [2.45, 2.75) is 46.6 Å². The lowest BCUT2D eigenvalue weighted by atomic mass is 9.89. The van der Waals surface area contributed by atoms with Crippen molar-refractivity contribution in [2.24, 2.45) is 12.5 Å². The number of aliphatic hydroxyl groups excluding tert-OH is 1. The van der Waals surface area contributed by atoms with Crippen LogP contribution >= 0.6 is 0 Å². The van der Waals surface area contributed by atoms with Gasteiger partial charge >= 0.3 is 0 Å². The van der Waals surface area contributed by atoms with E-state index < -0.39 is 0 Å². The Morgan fingerprint density at radius 3 is 2.67 bits per heavy atom. The highest BCUT2D eigenvalue weighted by Crippen LogP contribution is 2.20. The summed E-state index contributed by atoms with van der Waals surface area (Å²) in [6.07, 6.45) is 2.91. The second-order valence-corrected chi connectivity index (χ2v) is 6.11. The normalized spacial score (nSPS) is 12.4. The standard InChI is InChI=1S/C14H27N3O/c1-11(2)13-12(9-17(5)16-13)8-15-10-14(3,4)6-7-18/h9,11,15,18H,6-8,10H2,1-5H3. The zero-order valence-electron chi connectivity index (χ0n) is 12.3. The van der Waals surface area contributed by atoms with Gasteiger partial charge in [0.05, 0.1) is 5.69 Å². The summed E-state index contributed by atoms with van der Waals surface area (Å²) in [7, 11) is 1.96. The summed E-state index contributed by atoms with van der Waals surface area (Å²) in [5, 5.41) is 17.0. The van der Waals surface area contributed by atoms with E-state index in [2.05, 4.69) is 44.3 Å². The van der Waals surface area contributed by atoms with E-state index in [1.165, 1.54) is 11.3 Å². The topological polar surface area (TPSA) is 50.1 Å². The van der Waals surface area contributed by atoms with Crippen LogP contribution in [0.2, 0.25) is 0 Å². The van der Waals surface area contributed by atoms with Crippen LogP contribution in [-0.2, 0) is 13.6 Å². The minimum Gasteiger partial charge on any atom is -0.396 e. The summed E-state index contributed by atoms with van der Waals surface area (Å²) in [4.78, 5) is 0. The molecule has 1 rings (SSSR count). The molecule has 0 bridgehead atoms. The molecular weight excluding hydrogens is 226 g/mol. The molecule has 1 aromatic heterocycles. The summed E-state index contributed by atoms with van der Waals surface area (Å²) in [6.45, 7) is 10.7. The van der Waals surface area contributed by atoms with E-state index in [4.69, 9.17) is 5.11 Å². The van der Waals surface area contributed by atoms with Crippen LogP contribution in [-0.4, -0.2) is 28.0 Å². The van der Waals surface area contributed by atoms with E-state index in [0.717, 1.165) is 19.5 Å². The van der Waals surface area contributed by atoms with Gasteiger partial charge in [0.1, 0.15) is 0 Å². The van der Waals surface area contributed by atoms with Crippen molar-refractivity contribution in [2.75, 3.05) is 13.2 Å². The molecule has 0 fully saturated rings. The van der Waals surface area contributed by atoms with Gasteiger partial charge in [-0.25, -0.2) is 0 Å². The van der Waals surface area contributed by atoms with Gasteiger partial charge in [0, 0.05) is 38.5 Å². The molecule has 18 heavy (non-hydrogen) atoms. The highest BCUT2D eigenvalue weighted by molar-refractivity contribution is 5.19. The molecule has 0 aliphatic heterocycles. The summed E-state index contributed by atoms with van der Waals surface area (Å²) < 4.78 is 1.88. The fourth-order valence-corrected chi connectivity index (χ4v) is 2.10. The Labute approximate surface area is 110 Å². The second kappa shape index (κ2) is 6.34. The maximum atomic E-state index is 9.00. The molecule has 0 unspecified atom stereocenters. The zero-order chi connectivity index (χ0) is 13.8. The average Bonchev–Trinajstić information content (AvgIpc) is 2.59. The van der Waals surface area contributed by atoms with Gasteiger partial charge in [-0.3, -0.25) is 4.68 Å². The van der Waals surface area contributed by atoms with E-state index in [1.54, 1.807) is 0 Å². The minimum atomic E-state index is 0.134. The van der Waals surface area contributed by atoms with Crippen molar-refractivity contribution in [1.29, 1.82) is 0 Å². The molecule has 4 nitrogen and oxygen atoms in total. The van der Waals surface area contributed by atoms with Crippen LogP contribution in [0.15, 0.2) is 6.20 Å². The second-order valence-electron chi connectivity index (χ2n) is 6.11. The Morgan fingerprint density at radius 2 is 2.11 bits per heavy atom. The fraction of sp³-hybridized carbons (Fsp3) is 0.786. The molecule has 104 valence electrons. The van der Waals surface area contributed by atoms with Crippen molar-refractivity contribution < 1.29 is 5.11 Å². The summed E-state index contributed by atoms with van der Waals surface area (Å²) in [5.74, 6) is 0.452. The Morgan fingerprint density at radius 1 is 1.44 bits per heavy atom. The third-order valence-corrected chi connectivity index (χ3v) is 3.19. The van der Waals surface area contributed by atoms with Crippen LogP contribution in [0, 0.1) is 5.41 Å². The van der Waals surface area contributed by atoms with E-state index in [-0.39, 0.29) is 12.0 Å². The number of hydrogen-bond acceptors (Lipinski definition) is 3. The molecule has 0 amide bonds. The van der Waals surface area contributed by atoms with Gasteiger partial charge in [0.15, 0.2) is 0 Å². The lowest BCUT2D eigenvalue weighted by Gasteiger charge is -2.24. The molecule has 2 N–H and O–H groups in total. The number of nitrogens with one attached hydrogen (secondary N) is 1. The minimum absolute atomic E-state index is 0.134. The fourth-order valence-electron chi connectivity index (χ4n) is 2.10. The van der Waals surface area contributed by atoms with Crippen molar-refractivity contribution in [3.63, 3.8) is 0 Å². The first-order valence-electron chi connectivity index (χ1n) is 6.70. The van der Waals surface area contributed by atoms with E-state index in [1.807, 2.05) is 11.7 Å². The molecule has 0 spiro atoms. The highest BCUT2D eigenvalue weighted by Gasteiger charge is 2.17. The average molecular weight is 253 g/mol. The summed E-state index contributed by atoms with van der Waals surface area (Å²) in [5.41, 5.74) is 2.58. The predicted molar refractivity (Wildman–Crippen MR) is 74.5 cm³/mol. The van der Waals surface area contributed by atoms with Gasteiger partial charge in [-0.1, -0.05) is 27.7 Å². The predicted octanol–water partition coefficient (Wildman–Crippen LogP) is 2.04. The van der Waals surface area contributed by atoms with Crippen molar-refractivity contribution >= 4 is 0 Å². The quantitative estimate of drug-likeness (QED) is 0.782. The third-order valence-electron chi connectivity index (χ3n) is 3.19. The third kappa shape index (κ3) is 4.42. The van der Waals surface area contributed by atoms with Crippen LogP contribution in [0.3, 0.4) is 0 Å². The molecule has 0 saturated heterocycles. The van der Waals surface area contributed by atoms with Gasteiger partial charge < -0.3 is 10.4 Å². The van der Waals surface area contributed by atoms with Gasteiger partial charge in [-0.2, -0.15) is 5.10 Å². The molecule has 0 saturated carbocycles. The van der Waals surface area contributed by atoms with Crippen LogP contribution in [0.4, 0.5) is 0 Å². The molecule has 1 aromatic rings. The molecule has 4 heteroatoms. The number of aryl methyl sites for hydroxylation is 1. The molecule has 0 aromatic carbocycles. The van der Waals surface area contributed by atoms with E-state index in [0.29, 0.717) is 5.92 Å². The van der Waals surface area contributed by atoms with E-state index in [9.17, 15) is 0 Å². The van der Waals surface area contributed by atoms with Crippen molar-refractivity contribution in [1.82, 2.24) is 15.1 Å². The maximum Gasteiger partial charge on any atom is 0.0694 e. The Balaban J connectivity index is 2.53. The number of hydrogen-bond donors (Lipinski definition) is 2. The number of aromatic nitrogens is 2.